The smallest absolute Gasteiger partial charge is 0.409 e. The summed E-state index contributed by atoms with van der Waals surface area (Å²) >= 11 is 0. The first-order valence-corrected chi connectivity index (χ1v) is 8.58. The van der Waals surface area contributed by atoms with Gasteiger partial charge < -0.3 is 15.0 Å². The summed E-state index contributed by atoms with van der Waals surface area (Å²) in [5.74, 6) is 0.172. The zero-order chi connectivity index (χ0) is 15.8. The monoisotopic (exact) mass is 308 g/mol. The summed E-state index contributed by atoms with van der Waals surface area (Å²) in [5.41, 5.74) is 1.49. The molecule has 0 spiro atoms. The molecule has 2 rings (SSSR count). The maximum atomic E-state index is 12.2. The van der Waals surface area contributed by atoms with Gasteiger partial charge in [0.2, 0.25) is 5.91 Å². The number of hydrogen-bond donors (Lipinski definition) is 1. The van der Waals surface area contributed by atoms with E-state index < -0.39 is 0 Å². The molecule has 124 valence electrons. The molecule has 1 saturated heterocycles. The van der Waals surface area contributed by atoms with E-state index in [-0.39, 0.29) is 17.9 Å². The van der Waals surface area contributed by atoms with E-state index in [1.54, 1.807) is 11.8 Å². The average Bonchev–Trinajstić information content (AvgIpc) is 2.56. The van der Waals surface area contributed by atoms with E-state index in [4.69, 9.17) is 4.74 Å². The van der Waals surface area contributed by atoms with E-state index in [0.717, 1.165) is 25.8 Å². The van der Waals surface area contributed by atoms with Gasteiger partial charge >= 0.3 is 6.09 Å². The van der Waals surface area contributed by atoms with Crippen LogP contribution in [-0.2, 0) is 9.53 Å². The van der Waals surface area contributed by atoms with Gasteiger partial charge in [-0.1, -0.05) is 11.6 Å². The minimum atomic E-state index is -0.259. The van der Waals surface area contributed by atoms with Crippen LogP contribution >= 0.6 is 0 Å². The van der Waals surface area contributed by atoms with Crippen molar-refractivity contribution >= 4 is 12.0 Å². The number of carbonyl (C=O) groups is 2. The zero-order valence-electron chi connectivity index (χ0n) is 13.6. The molecule has 1 fully saturated rings. The van der Waals surface area contributed by atoms with Crippen LogP contribution in [0.1, 0.15) is 51.9 Å². The molecule has 0 aromatic heterocycles. The van der Waals surface area contributed by atoms with Crippen molar-refractivity contribution < 1.29 is 14.3 Å². The summed E-state index contributed by atoms with van der Waals surface area (Å²) in [4.78, 5) is 25.5. The summed E-state index contributed by atoms with van der Waals surface area (Å²) in [5, 5.41) is 3.05. The second-order valence-corrected chi connectivity index (χ2v) is 6.11. The van der Waals surface area contributed by atoms with Crippen molar-refractivity contribution in [3.63, 3.8) is 0 Å². The van der Waals surface area contributed by atoms with Gasteiger partial charge in [-0.25, -0.2) is 4.79 Å². The van der Waals surface area contributed by atoms with Crippen molar-refractivity contribution in [1.82, 2.24) is 10.2 Å². The van der Waals surface area contributed by atoms with Crippen LogP contribution in [0.3, 0.4) is 0 Å². The van der Waals surface area contributed by atoms with Crippen LogP contribution in [0.25, 0.3) is 0 Å². The fourth-order valence-electron chi connectivity index (χ4n) is 3.16. The summed E-state index contributed by atoms with van der Waals surface area (Å²) in [6, 6.07) is 0. The molecular weight excluding hydrogens is 280 g/mol. The van der Waals surface area contributed by atoms with Crippen molar-refractivity contribution in [1.29, 1.82) is 0 Å². The number of rotatable bonds is 5. The predicted molar refractivity (Wildman–Crippen MR) is 85.5 cm³/mol. The lowest BCUT2D eigenvalue weighted by molar-refractivity contribution is -0.126. The minimum absolute atomic E-state index is 0.0333. The number of piperidine rings is 1. The standard InChI is InChI=1S/C17H28N2O3/c1-2-22-17(21)19-12-9-15(10-13-19)16(20)18-11-8-14-6-4-3-5-7-14/h6,15H,2-5,7-13H2,1H3,(H,18,20). The first-order chi connectivity index (χ1) is 10.7. The van der Waals surface area contributed by atoms with Crippen LogP contribution in [-0.4, -0.2) is 43.1 Å². The first kappa shape index (κ1) is 16.8. The van der Waals surface area contributed by atoms with Gasteiger partial charge in [0.25, 0.3) is 0 Å². The van der Waals surface area contributed by atoms with Crippen LogP contribution in [0, 0.1) is 5.92 Å². The van der Waals surface area contributed by atoms with Crippen LogP contribution in [0.15, 0.2) is 11.6 Å². The Bertz CT molecular complexity index is 412. The van der Waals surface area contributed by atoms with E-state index in [1.165, 1.54) is 31.3 Å². The fraction of sp³-hybridized carbons (Fsp3) is 0.765. The van der Waals surface area contributed by atoms with E-state index in [1.807, 2.05) is 0 Å². The molecule has 0 aromatic rings. The van der Waals surface area contributed by atoms with Gasteiger partial charge in [0.1, 0.15) is 0 Å². The van der Waals surface area contributed by atoms with Gasteiger partial charge in [-0.15, -0.1) is 0 Å². The minimum Gasteiger partial charge on any atom is -0.450 e. The third kappa shape index (κ3) is 5.04. The molecule has 1 N–H and O–H groups in total. The van der Waals surface area contributed by atoms with Crippen molar-refractivity contribution in [2.75, 3.05) is 26.2 Å². The van der Waals surface area contributed by atoms with Crippen molar-refractivity contribution in [2.45, 2.75) is 51.9 Å². The van der Waals surface area contributed by atoms with Crippen molar-refractivity contribution in [3.8, 4) is 0 Å². The molecule has 5 heteroatoms. The second-order valence-electron chi connectivity index (χ2n) is 6.11. The Morgan fingerprint density at radius 2 is 2.09 bits per heavy atom. The Hall–Kier alpha value is -1.52. The van der Waals surface area contributed by atoms with E-state index in [2.05, 4.69) is 11.4 Å². The maximum absolute atomic E-state index is 12.2. The Kier molecular flexibility index (Phi) is 6.74. The molecule has 0 saturated carbocycles. The Morgan fingerprint density at radius 3 is 2.73 bits per heavy atom. The fourth-order valence-corrected chi connectivity index (χ4v) is 3.16. The Balaban J connectivity index is 1.64. The first-order valence-electron chi connectivity index (χ1n) is 8.58. The number of allylic oxidation sites excluding steroid dienone is 1. The van der Waals surface area contributed by atoms with Crippen molar-refractivity contribution in [2.24, 2.45) is 5.92 Å². The number of amides is 2. The van der Waals surface area contributed by atoms with Gasteiger partial charge in [-0.05, 0) is 51.9 Å². The summed E-state index contributed by atoms with van der Waals surface area (Å²) < 4.78 is 4.99. The Morgan fingerprint density at radius 1 is 1.32 bits per heavy atom. The lowest BCUT2D eigenvalue weighted by atomic mass is 9.95. The van der Waals surface area contributed by atoms with Gasteiger partial charge in [0.15, 0.2) is 0 Å². The largest absolute Gasteiger partial charge is 0.450 e. The SMILES string of the molecule is CCOC(=O)N1CCC(C(=O)NCCC2=CCCCC2)CC1. The third-order valence-corrected chi connectivity index (χ3v) is 4.52. The number of ether oxygens (including phenoxy) is 1. The molecule has 0 unspecified atom stereocenters. The third-order valence-electron chi connectivity index (χ3n) is 4.52. The van der Waals surface area contributed by atoms with Crippen LogP contribution < -0.4 is 5.32 Å². The van der Waals surface area contributed by atoms with Gasteiger partial charge in [-0.2, -0.15) is 0 Å². The number of likely N-dealkylation sites (tertiary alicyclic amines) is 1. The number of nitrogens with zero attached hydrogens (tertiary/aromatic N) is 1. The highest BCUT2D eigenvalue weighted by atomic mass is 16.6. The number of nitrogens with one attached hydrogen (secondary N) is 1. The highest BCUT2D eigenvalue weighted by Crippen LogP contribution is 2.20. The van der Waals surface area contributed by atoms with E-state index in [0.29, 0.717) is 19.7 Å². The molecule has 1 aliphatic heterocycles. The molecule has 5 nitrogen and oxygen atoms in total. The van der Waals surface area contributed by atoms with Gasteiger partial charge in [0, 0.05) is 25.6 Å². The molecule has 2 aliphatic rings. The highest BCUT2D eigenvalue weighted by molar-refractivity contribution is 5.79. The van der Waals surface area contributed by atoms with E-state index in [9.17, 15) is 9.59 Å². The molecule has 1 heterocycles. The van der Waals surface area contributed by atoms with E-state index >= 15 is 0 Å². The average molecular weight is 308 g/mol. The van der Waals surface area contributed by atoms with Gasteiger partial charge in [-0.3, -0.25) is 4.79 Å². The zero-order valence-corrected chi connectivity index (χ0v) is 13.6. The lowest BCUT2D eigenvalue weighted by Gasteiger charge is -2.30. The molecule has 0 bridgehead atoms. The van der Waals surface area contributed by atoms with Gasteiger partial charge in [0.05, 0.1) is 6.61 Å². The highest BCUT2D eigenvalue weighted by Gasteiger charge is 2.27. The molecule has 1 aliphatic carbocycles. The molecule has 2 amide bonds. The summed E-state index contributed by atoms with van der Waals surface area (Å²) in [6.45, 7) is 4.17. The molecule has 22 heavy (non-hydrogen) atoms. The summed E-state index contributed by atoms with van der Waals surface area (Å²) in [7, 11) is 0. The van der Waals surface area contributed by atoms with Crippen LogP contribution in [0.4, 0.5) is 4.79 Å². The topological polar surface area (TPSA) is 58.6 Å². The quantitative estimate of drug-likeness (QED) is 0.795. The second kappa shape index (κ2) is 8.81. The number of carbonyl (C=O) groups excluding carboxylic acids is 2. The Labute approximate surface area is 133 Å². The predicted octanol–water partition coefficient (Wildman–Crippen LogP) is 2.86. The summed E-state index contributed by atoms with van der Waals surface area (Å²) in [6.07, 6.45) is 9.47. The van der Waals surface area contributed by atoms with Crippen molar-refractivity contribution in [3.05, 3.63) is 11.6 Å². The molecule has 0 atom stereocenters. The number of hydrogen-bond acceptors (Lipinski definition) is 3. The lowest BCUT2D eigenvalue weighted by Crippen LogP contribution is -2.43. The molecule has 0 radical (unpaired) electrons. The molecule has 0 aromatic carbocycles. The maximum Gasteiger partial charge on any atom is 0.409 e. The molecular formula is C17H28N2O3. The van der Waals surface area contributed by atoms with Crippen LogP contribution in [0.5, 0.6) is 0 Å². The normalized spacial score (nSPS) is 19.5. The van der Waals surface area contributed by atoms with Crippen LogP contribution in [0.2, 0.25) is 0 Å².